The number of hydrogen-bond donors (Lipinski definition) is 1. The maximum absolute atomic E-state index is 6.29. The van der Waals surface area contributed by atoms with Crippen molar-refractivity contribution in [1.29, 1.82) is 0 Å². The van der Waals surface area contributed by atoms with Gasteiger partial charge in [-0.15, -0.1) is 0 Å². The Labute approximate surface area is 115 Å². The average Bonchev–Trinajstić information content (AvgIpc) is 2.84. The van der Waals surface area contributed by atoms with Gasteiger partial charge < -0.3 is 10.1 Å². The molecule has 1 N–H and O–H groups in total. The van der Waals surface area contributed by atoms with E-state index in [2.05, 4.69) is 24.4 Å². The molecule has 3 heteroatoms. The van der Waals surface area contributed by atoms with Crippen LogP contribution in [0.15, 0.2) is 18.2 Å². The van der Waals surface area contributed by atoms with E-state index in [1.165, 1.54) is 24.0 Å². The summed E-state index contributed by atoms with van der Waals surface area (Å²) in [6.45, 7) is 3.91. The first kappa shape index (κ1) is 13.9. The van der Waals surface area contributed by atoms with E-state index in [1.54, 1.807) is 0 Å². The summed E-state index contributed by atoms with van der Waals surface area (Å²) in [5.41, 5.74) is 2.45. The Morgan fingerprint density at radius 2 is 2.33 bits per heavy atom. The fourth-order valence-electron chi connectivity index (χ4n) is 2.56. The third-order valence-corrected chi connectivity index (χ3v) is 4.08. The molecule has 1 fully saturated rings. The van der Waals surface area contributed by atoms with E-state index in [0.29, 0.717) is 12.0 Å². The van der Waals surface area contributed by atoms with Crippen LogP contribution >= 0.6 is 11.6 Å². The molecule has 0 spiro atoms. The van der Waals surface area contributed by atoms with Gasteiger partial charge in [-0.1, -0.05) is 23.7 Å². The van der Waals surface area contributed by atoms with Gasteiger partial charge in [-0.2, -0.15) is 0 Å². The van der Waals surface area contributed by atoms with Crippen LogP contribution in [0.4, 0.5) is 0 Å². The summed E-state index contributed by atoms with van der Waals surface area (Å²) in [7, 11) is 2.03. The zero-order chi connectivity index (χ0) is 13.0. The number of ether oxygens (including phenoxy) is 1. The summed E-state index contributed by atoms with van der Waals surface area (Å²) in [5.74, 6) is 0.701. The molecule has 0 aliphatic carbocycles. The van der Waals surface area contributed by atoms with E-state index in [0.717, 1.165) is 24.7 Å². The summed E-state index contributed by atoms with van der Waals surface area (Å²) in [6.07, 6.45) is 3.35. The highest BCUT2D eigenvalue weighted by Crippen LogP contribution is 2.23. The van der Waals surface area contributed by atoms with E-state index in [4.69, 9.17) is 16.3 Å². The van der Waals surface area contributed by atoms with Gasteiger partial charge >= 0.3 is 0 Å². The third-order valence-electron chi connectivity index (χ3n) is 3.72. The first-order valence-corrected chi connectivity index (χ1v) is 7.07. The Kier molecular flexibility index (Phi) is 5.04. The predicted octanol–water partition coefficient (Wildman–Crippen LogP) is 3.21. The number of aryl methyl sites for hydroxylation is 1. The summed E-state index contributed by atoms with van der Waals surface area (Å²) in [4.78, 5) is 0. The van der Waals surface area contributed by atoms with Gasteiger partial charge in [0, 0.05) is 24.3 Å². The van der Waals surface area contributed by atoms with Gasteiger partial charge in [0.2, 0.25) is 0 Å². The topological polar surface area (TPSA) is 21.3 Å². The quantitative estimate of drug-likeness (QED) is 0.885. The van der Waals surface area contributed by atoms with Crippen molar-refractivity contribution in [3.8, 4) is 0 Å². The minimum atomic E-state index is 0.483. The minimum absolute atomic E-state index is 0.483. The Morgan fingerprint density at radius 1 is 1.50 bits per heavy atom. The second kappa shape index (κ2) is 6.55. The van der Waals surface area contributed by atoms with Crippen molar-refractivity contribution in [2.24, 2.45) is 5.92 Å². The van der Waals surface area contributed by atoms with E-state index < -0.39 is 0 Å². The van der Waals surface area contributed by atoms with Crippen molar-refractivity contribution in [3.05, 3.63) is 34.3 Å². The second-order valence-corrected chi connectivity index (χ2v) is 5.66. The van der Waals surface area contributed by atoms with Crippen LogP contribution in [0.5, 0.6) is 0 Å². The van der Waals surface area contributed by atoms with Crippen LogP contribution in [-0.2, 0) is 11.2 Å². The highest BCUT2D eigenvalue weighted by molar-refractivity contribution is 6.31. The van der Waals surface area contributed by atoms with Crippen LogP contribution in [0.2, 0.25) is 5.02 Å². The lowest BCUT2D eigenvalue weighted by Crippen LogP contribution is -2.30. The molecule has 1 aliphatic heterocycles. The normalized spacial score (nSPS) is 21.2. The molecule has 1 aliphatic rings. The summed E-state index contributed by atoms with van der Waals surface area (Å²) < 4.78 is 5.44. The van der Waals surface area contributed by atoms with Gasteiger partial charge in [0.25, 0.3) is 0 Å². The standard InChI is InChI=1S/C15H22ClNO/c1-11-3-4-13(15(16)7-11)9-14(17-2)8-12-5-6-18-10-12/h3-4,7,12,14,17H,5-6,8-10H2,1-2H3. The molecule has 100 valence electrons. The van der Waals surface area contributed by atoms with E-state index in [-0.39, 0.29) is 0 Å². The zero-order valence-corrected chi connectivity index (χ0v) is 12.0. The first-order valence-electron chi connectivity index (χ1n) is 6.69. The fourth-order valence-corrected chi connectivity index (χ4v) is 2.87. The Morgan fingerprint density at radius 3 is 2.94 bits per heavy atom. The van der Waals surface area contributed by atoms with Crippen molar-refractivity contribution < 1.29 is 4.74 Å². The SMILES string of the molecule is CNC(Cc1ccc(C)cc1Cl)CC1CCOC1. The molecule has 2 atom stereocenters. The van der Waals surface area contributed by atoms with Gasteiger partial charge in [0.05, 0.1) is 0 Å². The molecule has 0 amide bonds. The molecule has 0 bridgehead atoms. The number of nitrogens with one attached hydrogen (secondary N) is 1. The largest absolute Gasteiger partial charge is 0.381 e. The number of rotatable bonds is 5. The monoisotopic (exact) mass is 267 g/mol. The molecule has 0 saturated carbocycles. The summed E-state index contributed by atoms with van der Waals surface area (Å²) in [6, 6.07) is 6.80. The van der Waals surface area contributed by atoms with Crippen LogP contribution in [0, 0.1) is 12.8 Å². The van der Waals surface area contributed by atoms with Crippen LogP contribution in [0.3, 0.4) is 0 Å². The van der Waals surface area contributed by atoms with Gasteiger partial charge in [0.1, 0.15) is 0 Å². The first-order chi connectivity index (χ1) is 8.69. The summed E-state index contributed by atoms with van der Waals surface area (Å²) >= 11 is 6.29. The number of likely N-dealkylation sites (N-methyl/N-ethyl adjacent to an activating group) is 1. The van der Waals surface area contributed by atoms with Crippen LogP contribution < -0.4 is 5.32 Å². The highest BCUT2D eigenvalue weighted by atomic mass is 35.5. The van der Waals surface area contributed by atoms with Crippen LogP contribution in [0.25, 0.3) is 0 Å². The van der Waals surface area contributed by atoms with Crippen molar-refractivity contribution in [3.63, 3.8) is 0 Å². The lowest BCUT2D eigenvalue weighted by atomic mass is 9.94. The van der Waals surface area contributed by atoms with E-state index in [9.17, 15) is 0 Å². The fraction of sp³-hybridized carbons (Fsp3) is 0.600. The number of hydrogen-bond acceptors (Lipinski definition) is 2. The molecule has 2 rings (SSSR count). The Bertz CT molecular complexity index is 388. The summed E-state index contributed by atoms with van der Waals surface area (Å²) in [5, 5.41) is 4.29. The number of halogens is 1. The van der Waals surface area contributed by atoms with Gasteiger partial charge in [-0.05, 0) is 56.3 Å². The third kappa shape index (κ3) is 3.71. The second-order valence-electron chi connectivity index (χ2n) is 5.25. The molecule has 0 aromatic heterocycles. The number of benzene rings is 1. The molecule has 1 saturated heterocycles. The van der Waals surface area contributed by atoms with Gasteiger partial charge in [-0.25, -0.2) is 0 Å². The van der Waals surface area contributed by atoms with Gasteiger partial charge in [-0.3, -0.25) is 0 Å². The molecular formula is C15H22ClNO. The van der Waals surface area contributed by atoms with Crippen LogP contribution in [0.1, 0.15) is 24.0 Å². The lowest BCUT2D eigenvalue weighted by molar-refractivity contribution is 0.181. The van der Waals surface area contributed by atoms with E-state index in [1.807, 2.05) is 13.1 Å². The molecule has 2 unspecified atom stereocenters. The molecule has 1 aromatic carbocycles. The molecule has 1 heterocycles. The minimum Gasteiger partial charge on any atom is -0.381 e. The van der Waals surface area contributed by atoms with Crippen molar-refractivity contribution >= 4 is 11.6 Å². The molecule has 1 aromatic rings. The van der Waals surface area contributed by atoms with Gasteiger partial charge in [0.15, 0.2) is 0 Å². The molecule has 2 nitrogen and oxygen atoms in total. The molecule has 0 radical (unpaired) electrons. The average molecular weight is 268 g/mol. The van der Waals surface area contributed by atoms with Crippen molar-refractivity contribution in [1.82, 2.24) is 5.32 Å². The maximum atomic E-state index is 6.29. The van der Waals surface area contributed by atoms with Crippen molar-refractivity contribution in [2.45, 2.75) is 32.2 Å². The van der Waals surface area contributed by atoms with Crippen LogP contribution in [-0.4, -0.2) is 26.3 Å². The molecular weight excluding hydrogens is 246 g/mol. The Hall–Kier alpha value is -0.570. The lowest BCUT2D eigenvalue weighted by Gasteiger charge is -2.20. The zero-order valence-electron chi connectivity index (χ0n) is 11.2. The molecule has 18 heavy (non-hydrogen) atoms. The highest BCUT2D eigenvalue weighted by Gasteiger charge is 2.20. The van der Waals surface area contributed by atoms with Crippen molar-refractivity contribution in [2.75, 3.05) is 20.3 Å². The smallest absolute Gasteiger partial charge is 0.0495 e. The van der Waals surface area contributed by atoms with E-state index >= 15 is 0 Å². The maximum Gasteiger partial charge on any atom is 0.0495 e. The Balaban J connectivity index is 1.96. The predicted molar refractivity (Wildman–Crippen MR) is 76.3 cm³/mol.